The van der Waals surface area contributed by atoms with Gasteiger partial charge in [-0.2, -0.15) is 0 Å². The number of unbranched alkanes of at least 4 members (excludes halogenated alkanes) is 14. The Morgan fingerprint density at radius 1 is 0.698 bits per heavy atom. The highest BCUT2D eigenvalue weighted by molar-refractivity contribution is 5.93. The van der Waals surface area contributed by atoms with Crippen LogP contribution in [-0.4, -0.2) is 106 Å². The Morgan fingerprint density at radius 2 is 1.27 bits per heavy atom. The van der Waals surface area contributed by atoms with Crippen LogP contribution in [0.2, 0.25) is 0 Å². The smallest absolute Gasteiger partial charge is 0.320 e. The molecule has 15 nitrogen and oxygen atoms in total. The quantitative estimate of drug-likeness (QED) is 0.0394. The summed E-state index contributed by atoms with van der Waals surface area (Å²) >= 11 is 0. The van der Waals surface area contributed by atoms with E-state index in [1.807, 2.05) is 0 Å². The second-order valence-corrected chi connectivity index (χ2v) is 17.9. The van der Waals surface area contributed by atoms with E-state index in [1.165, 1.54) is 70.5 Å². The second kappa shape index (κ2) is 35.7. The summed E-state index contributed by atoms with van der Waals surface area (Å²) in [5.41, 5.74) is 5.72. The van der Waals surface area contributed by atoms with Crippen molar-refractivity contribution in [2.75, 3.05) is 33.0 Å². The monoisotopic (exact) mass is 891 g/mol. The molecule has 0 aliphatic heterocycles. The number of imidazole rings is 1. The van der Waals surface area contributed by atoms with Gasteiger partial charge in [0.25, 0.3) is 0 Å². The van der Waals surface area contributed by atoms with Gasteiger partial charge in [0.1, 0.15) is 24.2 Å². The summed E-state index contributed by atoms with van der Waals surface area (Å²) in [6, 6.07) is -1.74. The van der Waals surface area contributed by atoms with Crippen LogP contribution in [0.1, 0.15) is 187 Å². The van der Waals surface area contributed by atoms with E-state index in [1.54, 1.807) is 20.0 Å². The number of nitrogens with one attached hydrogen (secondary N) is 2. The van der Waals surface area contributed by atoms with Gasteiger partial charge in [-0.3, -0.25) is 38.9 Å². The maximum absolute atomic E-state index is 12.9. The molecule has 1 rings (SSSR count). The van der Waals surface area contributed by atoms with Gasteiger partial charge in [0.15, 0.2) is 17.3 Å². The number of Topliss-reactive ketones (excluding diaryl/α,β-unsaturated/α-hetero) is 5. The fourth-order valence-corrected chi connectivity index (χ4v) is 7.37. The third-order valence-electron chi connectivity index (χ3n) is 11.6. The molecule has 6 N–H and O–H groups in total. The topological polar surface area (TPSA) is 245 Å². The average molecular weight is 891 g/mol. The molecule has 3 atom stereocenters. The maximum atomic E-state index is 12.9. The summed E-state index contributed by atoms with van der Waals surface area (Å²) < 4.78 is 10.9. The summed E-state index contributed by atoms with van der Waals surface area (Å²) in [5, 5.41) is 22.1. The summed E-state index contributed by atoms with van der Waals surface area (Å²) in [5.74, 6) is -3.71. The summed E-state index contributed by atoms with van der Waals surface area (Å²) in [4.78, 5) is 93.0. The van der Waals surface area contributed by atoms with E-state index in [9.17, 15) is 43.8 Å². The molecule has 0 aliphatic carbocycles. The van der Waals surface area contributed by atoms with E-state index in [2.05, 4.69) is 22.2 Å². The minimum absolute atomic E-state index is 0.0283. The van der Waals surface area contributed by atoms with Crippen molar-refractivity contribution in [3.63, 3.8) is 0 Å². The van der Waals surface area contributed by atoms with Crippen LogP contribution < -0.4 is 11.1 Å². The SMILES string of the molecule is CCCCCCCCCCCCCCCC(=O)C[C@@H](CCC(=O)CCCOCCOCC(=O)CCCCC[C@H](NCC(=O)C(C)(C)CC(=O)[C@@H](N)Cc1cnc[nH]1)C(=O)O)C(=O)O. The highest BCUT2D eigenvalue weighted by Crippen LogP contribution is 2.23. The first-order chi connectivity index (χ1) is 30.2. The third-order valence-corrected chi connectivity index (χ3v) is 11.6. The summed E-state index contributed by atoms with van der Waals surface area (Å²) in [7, 11) is 0. The number of carboxylic acids is 2. The predicted molar refractivity (Wildman–Crippen MR) is 242 cm³/mol. The number of ether oxygens (including phenoxy) is 2. The third kappa shape index (κ3) is 30.2. The first-order valence-electron chi connectivity index (χ1n) is 23.8. The number of H-pyrrole nitrogens is 1. The second-order valence-electron chi connectivity index (χ2n) is 17.9. The zero-order valence-corrected chi connectivity index (χ0v) is 38.9. The van der Waals surface area contributed by atoms with Crippen LogP contribution in [0.3, 0.4) is 0 Å². The van der Waals surface area contributed by atoms with Gasteiger partial charge >= 0.3 is 11.9 Å². The lowest BCUT2D eigenvalue weighted by molar-refractivity contribution is -0.144. The van der Waals surface area contributed by atoms with Gasteiger partial charge in [-0.15, -0.1) is 0 Å². The molecule has 0 fully saturated rings. The largest absolute Gasteiger partial charge is 0.481 e. The van der Waals surface area contributed by atoms with Crippen molar-refractivity contribution in [2.45, 2.75) is 200 Å². The van der Waals surface area contributed by atoms with E-state index in [-0.39, 0.29) is 107 Å². The van der Waals surface area contributed by atoms with Crippen molar-refractivity contribution in [1.29, 1.82) is 0 Å². The minimum Gasteiger partial charge on any atom is -0.481 e. The predicted octanol–water partition coefficient (Wildman–Crippen LogP) is 7.70. The number of carbonyl (C=O) groups is 7. The highest BCUT2D eigenvalue weighted by Gasteiger charge is 2.33. The van der Waals surface area contributed by atoms with Gasteiger partial charge in [-0.05, 0) is 32.1 Å². The Bertz CT molecular complexity index is 1450. The number of aromatic nitrogens is 2. The van der Waals surface area contributed by atoms with Gasteiger partial charge in [-0.1, -0.05) is 111 Å². The number of nitrogens with zero attached hydrogens (tertiary/aromatic N) is 1. The molecule has 0 saturated carbocycles. The number of carbonyl (C=O) groups excluding carboxylic acids is 5. The molecule has 15 heteroatoms. The molecule has 0 aliphatic rings. The van der Waals surface area contributed by atoms with Gasteiger partial charge in [-0.25, -0.2) is 4.98 Å². The molecule has 1 aromatic rings. The Labute approximate surface area is 376 Å². The molecule has 0 saturated heterocycles. The molecule has 63 heavy (non-hydrogen) atoms. The van der Waals surface area contributed by atoms with Gasteiger partial charge in [0.05, 0.1) is 38.0 Å². The molecule has 0 radical (unpaired) electrons. The average Bonchev–Trinajstić information content (AvgIpc) is 3.75. The van der Waals surface area contributed by atoms with Crippen LogP contribution in [0.15, 0.2) is 12.5 Å². The van der Waals surface area contributed by atoms with E-state index in [0.29, 0.717) is 44.4 Å². The van der Waals surface area contributed by atoms with Crippen molar-refractivity contribution in [1.82, 2.24) is 15.3 Å². The molecule has 1 heterocycles. The molecule has 0 bridgehead atoms. The Balaban J connectivity index is 2.08. The molecule has 0 amide bonds. The lowest BCUT2D eigenvalue weighted by Gasteiger charge is -2.25. The number of carboxylic acid groups (broad SMARTS) is 2. The first kappa shape index (κ1) is 57.4. The number of ketones is 5. The Hall–Kier alpha value is -3.66. The molecule has 360 valence electrons. The fourth-order valence-electron chi connectivity index (χ4n) is 7.37. The lowest BCUT2D eigenvalue weighted by atomic mass is 9.81. The number of aromatic amines is 1. The van der Waals surface area contributed by atoms with Gasteiger partial charge in [0.2, 0.25) is 0 Å². The van der Waals surface area contributed by atoms with Crippen molar-refractivity contribution in [3.05, 3.63) is 18.2 Å². The van der Waals surface area contributed by atoms with Crippen LogP contribution in [0.5, 0.6) is 0 Å². The maximum Gasteiger partial charge on any atom is 0.320 e. The van der Waals surface area contributed by atoms with Crippen molar-refractivity contribution < 1.29 is 53.2 Å². The lowest BCUT2D eigenvalue weighted by Crippen LogP contribution is -2.44. The van der Waals surface area contributed by atoms with Crippen LogP contribution in [-0.2, 0) is 49.5 Å². The van der Waals surface area contributed by atoms with Crippen LogP contribution in [0.25, 0.3) is 0 Å². The summed E-state index contributed by atoms with van der Waals surface area (Å²) in [6.45, 7) is 6.03. The standard InChI is InChI=1S/C48H82N4O11/c1-4-5-6-7-8-9-10-11-12-13-14-15-17-21-40(54)30-37(46(58)59)25-26-39(53)23-20-27-62-28-29-63-35-41(55)22-18-16-19-24-43(47(60)61)51-34-45(57)48(2,3)32-44(56)42(49)31-38-33-50-36-52-38/h33,36-37,42-43,51H,4-32,34-35,49H2,1-3H3,(H,50,52)(H,58,59)(H,60,61)/t37-,42+,43+/m1/s1. The molecular formula is C48H82N4O11. The van der Waals surface area contributed by atoms with Crippen LogP contribution in [0.4, 0.5) is 0 Å². The highest BCUT2D eigenvalue weighted by atomic mass is 16.5. The molecular weight excluding hydrogens is 809 g/mol. The molecule has 0 spiro atoms. The van der Waals surface area contributed by atoms with Gasteiger partial charge in [0, 0.05) is 68.9 Å². The number of rotatable bonds is 45. The van der Waals surface area contributed by atoms with Crippen molar-refractivity contribution in [2.24, 2.45) is 17.1 Å². The Morgan fingerprint density at radius 3 is 1.86 bits per heavy atom. The number of hydrogen-bond acceptors (Lipinski definition) is 12. The van der Waals surface area contributed by atoms with Crippen LogP contribution in [0, 0.1) is 11.3 Å². The fraction of sp³-hybridized carbons (Fsp3) is 0.792. The number of aliphatic carboxylic acids is 2. The minimum atomic E-state index is -1.08. The number of hydrogen-bond donors (Lipinski definition) is 5. The van der Waals surface area contributed by atoms with Crippen LogP contribution >= 0.6 is 0 Å². The Kier molecular flexibility index (Phi) is 32.5. The molecule has 1 aromatic heterocycles. The molecule has 0 aromatic carbocycles. The summed E-state index contributed by atoms with van der Waals surface area (Å²) in [6.07, 6.45) is 22.8. The number of nitrogens with two attached hydrogens (primary N) is 1. The first-order valence-corrected chi connectivity index (χ1v) is 23.8. The van der Waals surface area contributed by atoms with Crippen molar-refractivity contribution >= 4 is 40.9 Å². The zero-order chi connectivity index (χ0) is 46.7. The molecule has 0 unspecified atom stereocenters. The normalized spacial score (nSPS) is 13.1. The van der Waals surface area contributed by atoms with Crippen molar-refractivity contribution in [3.8, 4) is 0 Å². The van der Waals surface area contributed by atoms with E-state index >= 15 is 0 Å². The van der Waals surface area contributed by atoms with E-state index in [0.717, 1.165) is 19.3 Å². The zero-order valence-electron chi connectivity index (χ0n) is 38.9. The van der Waals surface area contributed by atoms with E-state index < -0.39 is 35.4 Å². The van der Waals surface area contributed by atoms with E-state index in [4.69, 9.17) is 15.2 Å². The van der Waals surface area contributed by atoms with Gasteiger partial charge < -0.3 is 30.4 Å².